The number of hydrogen-bond acceptors (Lipinski definition) is 1. The van der Waals surface area contributed by atoms with Crippen molar-refractivity contribution in [2.45, 2.75) is 38.5 Å². The second-order valence-corrected chi connectivity index (χ2v) is 8.48. The van der Waals surface area contributed by atoms with Crippen LogP contribution in [0.15, 0.2) is 16.6 Å². The van der Waals surface area contributed by atoms with Crippen molar-refractivity contribution in [2.24, 2.45) is 11.3 Å². The summed E-state index contributed by atoms with van der Waals surface area (Å²) < 4.78 is 7.12. The molecule has 0 N–H and O–H groups in total. The van der Waals surface area contributed by atoms with Gasteiger partial charge in [-0.1, -0.05) is 60.6 Å². The van der Waals surface area contributed by atoms with Crippen LogP contribution in [0.1, 0.15) is 36.8 Å². The second-order valence-electron chi connectivity index (χ2n) is 6.44. The lowest BCUT2D eigenvalue weighted by atomic mass is 9.73. The summed E-state index contributed by atoms with van der Waals surface area (Å²) in [5.74, 6) is 1.97. The Hall–Kier alpha value is 0.460. The molecule has 3 rings (SSSR count). The molecule has 0 atom stereocenters. The van der Waals surface area contributed by atoms with Gasteiger partial charge >= 0.3 is 0 Å². The first kappa shape index (κ1) is 16.3. The topological polar surface area (TPSA) is 9.23 Å². The summed E-state index contributed by atoms with van der Waals surface area (Å²) in [6.07, 6.45) is 7.65. The van der Waals surface area contributed by atoms with Crippen molar-refractivity contribution in [3.05, 3.63) is 27.7 Å². The summed E-state index contributed by atoms with van der Waals surface area (Å²) in [6.45, 7) is 0.831. The van der Waals surface area contributed by atoms with E-state index in [1.54, 1.807) is 0 Å². The van der Waals surface area contributed by atoms with Gasteiger partial charge in [-0.05, 0) is 53.9 Å². The highest BCUT2D eigenvalue weighted by atomic mass is 79.9. The number of hydrogen-bond donors (Lipinski definition) is 0. The minimum Gasteiger partial charge on any atom is -0.493 e. The number of halogens is 3. The summed E-state index contributed by atoms with van der Waals surface area (Å²) in [4.78, 5) is 0. The van der Waals surface area contributed by atoms with Crippen molar-refractivity contribution >= 4 is 47.8 Å². The highest BCUT2D eigenvalue weighted by molar-refractivity contribution is 9.10. The molecule has 0 spiro atoms. The van der Waals surface area contributed by atoms with Gasteiger partial charge in [0, 0.05) is 21.6 Å². The molecule has 0 amide bonds. The molecule has 1 saturated carbocycles. The van der Waals surface area contributed by atoms with Crippen LogP contribution in [-0.2, 0) is 12.8 Å². The fraction of sp³-hybridized carbons (Fsp3) is 0.647. The predicted molar refractivity (Wildman–Crippen MR) is 99.0 cm³/mol. The smallest absolute Gasteiger partial charge is 0.125 e. The number of alkyl halides is 2. The molecule has 1 aliphatic carbocycles. The Kier molecular flexibility index (Phi) is 5.38. The lowest BCUT2D eigenvalue weighted by Gasteiger charge is -2.37. The number of ether oxygens (including phenoxy) is 1. The molecule has 116 valence electrons. The summed E-state index contributed by atoms with van der Waals surface area (Å²) in [6, 6.07) is 4.48. The molecule has 0 bridgehead atoms. The highest BCUT2D eigenvalue weighted by Crippen LogP contribution is 2.47. The van der Waals surface area contributed by atoms with Gasteiger partial charge in [0.05, 0.1) is 6.61 Å². The van der Waals surface area contributed by atoms with E-state index in [9.17, 15) is 0 Å². The van der Waals surface area contributed by atoms with E-state index in [-0.39, 0.29) is 0 Å². The maximum atomic E-state index is 5.93. The lowest BCUT2D eigenvalue weighted by Crippen LogP contribution is -2.35. The molecule has 1 aromatic carbocycles. The third-order valence-corrected chi connectivity index (χ3v) is 7.81. The van der Waals surface area contributed by atoms with Crippen molar-refractivity contribution in [3.63, 3.8) is 0 Å². The van der Waals surface area contributed by atoms with E-state index >= 15 is 0 Å². The van der Waals surface area contributed by atoms with E-state index in [2.05, 4.69) is 59.9 Å². The maximum Gasteiger partial charge on any atom is 0.125 e. The van der Waals surface area contributed by atoms with E-state index in [4.69, 9.17) is 4.74 Å². The van der Waals surface area contributed by atoms with E-state index in [1.807, 2.05) is 0 Å². The first-order chi connectivity index (χ1) is 10.2. The minimum atomic E-state index is 0.303. The van der Waals surface area contributed by atoms with Crippen LogP contribution < -0.4 is 4.74 Å². The molecule has 2 aliphatic rings. The number of fused-ring (bicyclic) bond motifs is 1. The number of benzene rings is 1. The molecule has 1 aromatic rings. The molecular weight excluding hydrogens is 460 g/mol. The van der Waals surface area contributed by atoms with Gasteiger partial charge < -0.3 is 4.74 Å². The third kappa shape index (κ3) is 3.23. The molecule has 1 fully saturated rings. The SMILES string of the molecule is BrCC(CBr)(Cc1cc(Br)cc2c1OCC2)C1CCCC1. The van der Waals surface area contributed by atoms with Crippen LogP contribution in [0.4, 0.5) is 0 Å². The van der Waals surface area contributed by atoms with Crippen LogP contribution in [0.2, 0.25) is 0 Å². The quantitative estimate of drug-likeness (QED) is 0.477. The summed E-state index contributed by atoms with van der Waals surface area (Å²) in [7, 11) is 0. The van der Waals surface area contributed by atoms with Crippen molar-refractivity contribution in [3.8, 4) is 5.75 Å². The van der Waals surface area contributed by atoms with Crippen LogP contribution in [0.25, 0.3) is 0 Å². The van der Waals surface area contributed by atoms with Crippen LogP contribution in [-0.4, -0.2) is 17.3 Å². The Balaban J connectivity index is 1.93. The van der Waals surface area contributed by atoms with E-state index in [0.29, 0.717) is 5.41 Å². The first-order valence-electron chi connectivity index (χ1n) is 7.74. The third-order valence-electron chi connectivity index (χ3n) is 5.12. The zero-order valence-corrected chi connectivity index (χ0v) is 16.9. The van der Waals surface area contributed by atoms with Crippen LogP contribution in [0.3, 0.4) is 0 Å². The molecule has 1 heterocycles. The Morgan fingerprint density at radius 2 is 1.86 bits per heavy atom. The van der Waals surface area contributed by atoms with E-state index < -0.39 is 0 Å². The average Bonchev–Trinajstić information content (AvgIpc) is 3.15. The molecule has 0 radical (unpaired) electrons. The molecular formula is C17H21Br3O. The minimum absolute atomic E-state index is 0.303. The van der Waals surface area contributed by atoms with Crippen LogP contribution in [0.5, 0.6) is 5.75 Å². The second kappa shape index (κ2) is 6.92. The predicted octanol–water partition coefficient (Wildman–Crippen LogP) is 5.89. The van der Waals surface area contributed by atoms with Gasteiger partial charge in [0.25, 0.3) is 0 Å². The molecule has 1 aliphatic heterocycles. The van der Waals surface area contributed by atoms with E-state index in [0.717, 1.165) is 41.8 Å². The van der Waals surface area contributed by atoms with E-state index in [1.165, 1.54) is 41.3 Å². The van der Waals surface area contributed by atoms with Crippen molar-refractivity contribution < 1.29 is 4.74 Å². The summed E-state index contributed by atoms with van der Waals surface area (Å²) >= 11 is 11.3. The molecule has 1 nitrogen and oxygen atoms in total. The van der Waals surface area contributed by atoms with Crippen molar-refractivity contribution in [2.75, 3.05) is 17.3 Å². The zero-order valence-electron chi connectivity index (χ0n) is 12.1. The lowest BCUT2D eigenvalue weighted by molar-refractivity contribution is 0.230. The Bertz CT molecular complexity index is 505. The zero-order chi connectivity index (χ0) is 14.9. The average molecular weight is 481 g/mol. The van der Waals surface area contributed by atoms with Gasteiger partial charge in [0.2, 0.25) is 0 Å². The summed E-state index contributed by atoms with van der Waals surface area (Å²) in [5, 5.41) is 2.11. The largest absolute Gasteiger partial charge is 0.493 e. The van der Waals surface area contributed by atoms with Crippen molar-refractivity contribution in [1.82, 2.24) is 0 Å². The molecule has 0 saturated heterocycles. The summed E-state index contributed by atoms with van der Waals surface area (Å²) in [5.41, 5.74) is 3.04. The van der Waals surface area contributed by atoms with Crippen LogP contribution in [0, 0.1) is 11.3 Å². The standard InChI is InChI=1S/C17H21Br3O/c18-10-17(11-19,14-3-1-2-4-14)9-13-8-15(20)7-12-5-6-21-16(12)13/h7-8,14H,1-6,9-11H2. The molecule has 4 heteroatoms. The van der Waals surface area contributed by atoms with Gasteiger partial charge in [0.15, 0.2) is 0 Å². The Morgan fingerprint density at radius 1 is 1.14 bits per heavy atom. The highest BCUT2D eigenvalue weighted by Gasteiger charge is 2.39. The molecule has 0 aromatic heterocycles. The van der Waals surface area contributed by atoms with Gasteiger partial charge in [-0.3, -0.25) is 0 Å². The Morgan fingerprint density at radius 3 is 2.52 bits per heavy atom. The van der Waals surface area contributed by atoms with Gasteiger partial charge in [-0.25, -0.2) is 0 Å². The van der Waals surface area contributed by atoms with Crippen LogP contribution >= 0.6 is 47.8 Å². The van der Waals surface area contributed by atoms with Gasteiger partial charge in [-0.2, -0.15) is 0 Å². The van der Waals surface area contributed by atoms with Gasteiger partial charge in [-0.15, -0.1) is 0 Å². The molecule has 21 heavy (non-hydrogen) atoms. The fourth-order valence-corrected chi connectivity index (χ4v) is 6.68. The fourth-order valence-electron chi connectivity index (χ4n) is 3.89. The normalized spacial score (nSPS) is 18.8. The van der Waals surface area contributed by atoms with Gasteiger partial charge in [0.1, 0.15) is 5.75 Å². The maximum absolute atomic E-state index is 5.93. The number of rotatable bonds is 5. The Labute approximate surface area is 152 Å². The molecule has 0 unspecified atom stereocenters. The first-order valence-corrected chi connectivity index (χ1v) is 10.8. The van der Waals surface area contributed by atoms with Crippen molar-refractivity contribution in [1.29, 1.82) is 0 Å². The monoisotopic (exact) mass is 478 g/mol.